The summed E-state index contributed by atoms with van der Waals surface area (Å²) in [6.45, 7) is 0. The van der Waals surface area contributed by atoms with Gasteiger partial charge in [0.1, 0.15) is 9.34 Å². The van der Waals surface area contributed by atoms with Crippen molar-refractivity contribution in [1.82, 2.24) is 4.98 Å². The SMILES string of the molecule is Clc1nc(C(Cl)(Cl)Cl)sc1Cl. The van der Waals surface area contributed by atoms with Crippen LogP contribution in [0.3, 0.4) is 0 Å². The Bertz CT molecular complexity index is 244. The first-order chi connectivity index (χ1) is 4.91. The van der Waals surface area contributed by atoms with Crippen LogP contribution in [0.15, 0.2) is 0 Å². The molecule has 0 saturated carbocycles. The number of alkyl halides is 3. The first-order valence-electron chi connectivity index (χ1n) is 2.30. The second-order valence-electron chi connectivity index (χ2n) is 1.58. The number of halogens is 5. The van der Waals surface area contributed by atoms with Crippen LogP contribution in [-0.4, -0.2) is 4.98 Å². The van der Waals surface area contributed by atoms with Crippen LogP contribution in [0.2, 0.25) is 9.49 Å². The number of aromatic nitrogens is 1. The van der Waals surface area contributed by atoms with Gasteiger partial charge in [0.25, 0.3) is 0 Å². The van der Waals surface area contributed by atoms with Crippen molar-refractivity contribution >= 4 is 69.3 Å². The Morgan fingerprint density at radius 1 is 1.18 bits per heavy atom. The van der Waals surface area contributed by atoms with Crippen molar-refractivity contribution in [2.24, 2.45) is 0 Å². The van der Waals surface area contributed by atoms with E-state index in [1.165, 1.54) is 0 Å². The fraction of sp³-hybridized carbons (Fsp3) is 0.250. The lowest BCUT2D eigenvalue weighted by molar-refractivity contribution is 1.16. The molecule has 0 bridgehead atoms. The molecule has 0 fully saturated rings. The van der Waals surface area contributed by atoms with Crippen molar-refractivity contribution < 1.29 is 0 Å². The van der Waals surface area contributed by atoms with Gasteiger partial charge in [-0.05, 0) is 0 Å². The van der Waals surface area contributed by atoms with Crippen molar-refractivity contribution in [3.05, 3.63) is 14.5 Å². The lowest BCUT2D eigenvalue weighted by Gasteiger charge is -2.03. The maximum absolute atomic E-state index is 5.58. The predicted octanol–water partition coefficient (Wildman–Crippen LogP) is 4.28. The quantitative estimate of drug-likeness (QED) is 0.642. The minimum Gasteiger partial charge on any atom is -0.223 e. The molecule has 1 aromatic rings. The highest BCUT2D eigenvalue weighted by atomic mass is 35.6. The second-order valence-corrected chi connectivity index (χ2v) is 5.82. The molecule has 0 unspecified atom stereocenters. The Morgan fingerprint density at radius 3 is 1.91 bits per heavy atom. The fourth-order valence-electron chi connectivity index (χ4n) is 0.404. The summed E-state index contributed by atoms with van der Waals surface area (Å²) in [6, 6.07) is 0. The van der Waals surface area contributed by atoms with E-state index >= 15 is 0 Å². The highest BCUT2D eigenvalue weighted by Gasteiger charge is 2.28. The molecule has 0 saturated heterocycles. The summed E-state index contributed by atoms with van der Waals surface area (Å²) in [5.41, 5.74) is 0. The summed E-state index contributed by atoms with van der Waals surface area (Å²) >= 11 is 28.7. The van der Waals surface area contributed by atoms with Gasteiger partial charge in [-0.1, -0.05) is 58.0 Å². The Hall–Kier alpha value is 1.08. The maximum Gasteiger partial charge on any atom is 0.242 e. The van der Waals surface area contributed by atoms with Gasteiger partial charge in [0, 0.05) is 0 Å². The highest BCUT2D eigenvalue weighted by Crippen LogP contribution is 2.43. The summed E-state index contributed by atoms with van der Waals surface area (Å²) in [6.07, 6.45) is 0. The first kappa shape index (κ1) is 10.2. The van der Waals surface area contributed by atoms with Crippen LogP contribution in [0, 0.1) is 0 Å². The Morgan fingerprint density at radius 2 is 1.73 bits per heavy atom. The van der Waals surface area contributed by atoms with E-state index in [1.54, 1.807) is 0 Å². The van der Waals surface area contributed by atoms with E-state index in [0.717, 1.165) is 11.3 Å². The summed E-state index contributed by atoms with van der Waals surface area (Å²) in [4.78, 5) is 3.74. The molecule has 11 heavy (non-hydrogen) atoms. The highest BCUT2D eigenvalue weighted by molar-refractivity contribution is 7.17. The molecule has 0 amide bonds. The number of nitrogens with zero attached hydrogens (tertiary/aromatic N) is 1. The Labute approximate surface area is 92.2 Å². The van der Waals surface area contributed by atoms with Gasteiger partial charge in [-0.3, -0.25) is 0 Å². The zero-order valence-electron chi connectivity index (χ0n) is 4.75. The minimum atomic E-state index is -1.54. The first-order valence-corrected chi connectivity index (χ1v) is 5.01. The third-order valence-electron chi connectivity index (χ3n) is 0.791. The summed E-state index contributed by atoms with van der Waals surface area (Å²) < 4.78 is -1.21. The average molecular weight is 271 g/mol. The van der Waals surface area contributed by atoms with Crippen LogP contribution in [0.5, 0.6) is 0 Å². The molecule has 0 aromatic carbocycles. The summed E-state index contributed by atoms with van der Waals surface area (Å²) in [7, 11) is 0. The van der Waals surface area contributed by atoms with Crippen LogP contribution in [0.1, 0.15) is 5.01 Å². The van der Waals surface area contributed by atoms with E-state index in [4.69, 9.17) is 58.0 Å². The fourth-order valence-corrected chi connectivity index (χ4v) is 1.94. The molecule has 0 radical (unpaired) electrons. The molecule has 0 spiro atoms. The van der Waals surface area contributed by atoms with Gasteiger partial charge in [-0.15, -0.1) is 11.3 Å². The van der Waals surface area contributed by atoms with Crippen molar-refractivity contribution in [2.45, 2.75) is 3.79 Å². The van der Waals surface area contributed by atoms with Crippen LogP contribution in [0.25, 0.3) is 0 Å². The molecule has 1 aromatic heterocycles. The van der Waals surface area contributed by atoms with Crippen molar-refractivity contribution in [3.8, 4) is 0 Å². The van der Waals surface area contributed by atoms with Crippen molar-refractivity contribution in [3.63, 3.8) is 0 Å². The largest absolute Gasteiger partial charge is 0.242 e. The molecule has 1 heterocycles. The van der Waals surface area contributed by atoms with Gasteiger partial charge in [0.05, 0.1) is 0 Å². The van der Waals surface area contributed by atoms with Crippen LogP contribution in [0.4, 0.5) is 0 Å². The zero-order valence-corrected chi connectivity index (χ0v) is 9.34. The van der Waals surface area contributed by atoms with E-state index in [2.05, 4.69) is 4.98 Å². The van der Waals surface area contributed by atoms with Crippen LogP contribution >= 0.6 is 69.3 Å². The van der Waals surface area contributed by atoms with Gasteiger partial charge in [0.15, 0.2) is 5.15 Å². The van der Waals surface area contributed by atoms with Gasteiger partial charge < -0.3 is 0 Å². The zero-order chi connectivity index (χ0) is 8.65. The van der Waals surface area contributed by atoms with Crippen LogP contribution < -0.4 is 0 Å². The lowest BCUT2D eigenvalue weighted by atomic mass is 10.8. The average Bonchev–Trinajstić information content (AvgIpc) is 2.11. The van der Waals surface area contributed by atoms with Crippen molar-refractivity contribution in [2.75, 3.05) is 0 Å². The third kappa shape index (κ3) is 2.51. The van der Waals surface area contributed by atoms with Gasteiger partial charge in [0.2, 0.25) is 3.79 Å². The number of rotatable bonds is 0. The number of hydrogen-bond acceptors (Lipinski definition) is 2. The molecule has 1 nitrogen and oxygen atoms in total. The summed E-state index contributed by atoms with van der Waals surface area (Å²) in [5.74, 6) is 0. The Balaban J connectivity index is 3.08. The predicted molar refractivity (Wildman–Crippen MR) is 51.4 cm³/mol. The maximum atomic E-state index is 5.58. The minimum absolute atomic E-state index is 0.165. The van der Waals surface area contributed by atoms with Crippen LogP contribution in [-0.2, 0) is 3.79 Å². The third-order valence-corrected chi connectivity index (χ3v) is 3.52. The molecule has 0 N–H and O–H groups in total. The van der Waals surface area contributed by atoms with Gasteiger partial charge in [-0.2, -0.15) is 0 Å². The molecule has 7 heteroatoms. The van der Waals surface area contributed by atoms with E-state index in [0.29, 0.717) is 4.34 Å². The Kier molecular flexibility index (Phi) is 3.18. The topological polar surface area (TPSA) is 12.9 Å². The molecular formula is C4Cl5NS. The smallest absolute Gasteiger partial charge is 0.223 e. The van der Waals surface area contributed by atoms with Gasteiger partial charge >= 0.3 is 0 Å². The second kappa shape index (κ2) is 3.44. The standard InChI is InChI=1S/C4Cl5NS/c5-1-2(6)11-3(10-1)4(7,8)9. The summed E-state index contributed by atoms with van der Waals surface area (Å²) in [5, 5.41) is 0.440. The van der Waals surface area contributed by atoms with E-state index in [1.807, 2.05) is 0 Å². The molecule has 1 rings (SSSR count). The number of hydrogen-bond donors (Lipinski definition) is 0. The van der Waals surface area contributed by atoms with E-state index < -0.39 is 3.79 Å². The monoisotopic (exact) mass is 269 g/mol. The molecule has 0 aliphatic rings. The molecule has 0 aliphatic heterocycles. The normalized spacial score (nSPS) is 12.1. The van der Waals surface area contributed by atoms with Crippen molar-refractivity contribution in [1.29, 1.82) is 0 Å². The molecular weight excluding hydrogens is 271 g/mol. The lowest BCUT2D eigenvalue weighted by Crippen LogP contribution is -1.97. The molecule has 0 aliphatic carbocycles. The number of thiazole rings is 1. The van der Waals surface area contributed by atoms with E-state index in [-0.39, 0.29) is 10.2 Å². The van der Waals surface area contributed by atoms with E-state index in [9.17, 15) is 0 Å². The molecule has 62 valence electrons. The molecule has 0 atom stereocenters. The van der Waals surface area contributed by atoms with Gasteiger partial charge in [-0.25, -0.2) is 4.98 Å².